The van der Waals surface area contributed by atoms with Gasteiger partial charge >= 0.3 is 0 Å². The van der Waals surface area contributed by atoms with Gasteiger partial charge < -0.3 is 18.9 Å². The third-order valence-electron chi connectivity index (χ3n) is 7.11. The molecule has 9 heteroatoms. The predicted octanol–water partition coefficient (Wildman–Crippen LogP) is 3.52. The van der Waals surface area contributed by atoms with Crippen LogP contribution in [0.3, 0.4) is 0 Å². The van der Waals surface area contributed by atoms with Crippen LogP contribution in [0.4, 0.5) is 9.80 Å². The average molecular weight is 475 g/mol. The van der Waals surface area contributed by atoms with Crippen molar-refractivity contribution in [1.29, 1.82) is 0 Å². The Kier molecular flexibility index (Phi) is 7.30. The monoisotopic (exact) mass is 474 g/mol. The zero-order chi connectivity index (χ0) is 23.6. The van der Waals surface area contributed by atoms with Gasteiger partial charge in [-0.2, -0.15) is 0 Å². The van der Waals surface area contributed by atoms with Gasteiger partial charge in [0.25, 0.3) is 0 Å². The van der Waals surface area contributed by atoms with Crippen molar-refractivity contribution in [1.82, 2.24) is 15.0 Å². The van der Waals surface area contributed by atoms with Crippen LogP contribution in [-0.4, -0.2) is 59.8 Å². The van der Waals surface area contributed by atoms with E-state index >= 15 is 4.11 Å². The van der Waals surface area contributed by atoms with Gasteiger partial charge in [-0.25, -0.2) is 0 Å². The molecule has 2 aromatic rings. The van der Waals surface area contributed by atoms with Gasteiger partial charge in [0, 0.05) is 50.0 Å². The maximum Gasteiger partial charge on any atom is 0.246 e. The molecule has 2 saturated heterocycles. The number of rotatable bonds is 10. The number of halogens is 1. The number of carbonyl (C=O) groups is 1. The quantitative estimate of drug-likeness (QED) is 0.324. The second kappa shape index (κ2) is 10.0. The van der Waals surface area contributed by atoms with Crippen LogP contribution < -0.4 is 4.90 Å². The van der Waals surface area contributed by atoms with Crippen molar-refractivity contribution in [2.24, 2.45) is 5.92 Å². The fourth-order valence-electron chi connectivity index (χ4n) is 5.32. The first-order valence-electron chi connectivity index (χ1n) is 12.0. The highest BCUT2D eigenvalue weighted by atomic mass is 28.4. The zero-order valence-electron chi connectivity index (χ0n) is 19.8. The Hall–Kier alpha value is -2.10. The number of aryl methyl sites for hydroxylation is 2. The summed E-state index contributed by atoms with van der Waals surface area (Å²) in [6, 6.07) is 8.19. The highest BCUT2D eigenvalue weighted by molar-refractivity contribution is 6.72. The Morgan fingerprint density at radius 1 is 1.18 bits per heavy atom. The van der Waals surface area contributed by atoms with E-state index in [-0.39, 0.29) is 36.2 Å². The molecule has 4 atom stereocenters. The summed E-state index contributed by atoms with van der Waals surface area (Å²) in [4.78, 5) is 13.4. The van der Waals surface area contributed by atoms with Gasteiger partial charge in [-0.1, -0.05) is 24.3 Å². The molecular formula is C24H35FN4O3Si. The largest absolute Gasteiger partial charge is 0.396 e. The molecule has 0 spiro atoms. The first-order chi connectivity index (χ1) is 15.8. The summed E-state index contributed by atoms with van der Waals surface area (Å²) in [5.74, 6) is 0.349. The van der Waals surface area contributed by atoms with Gasteiger partial charge in [0.05, 0.1) is 17.9 Å². The van der Waals surface area contributed by atoms with E-state index < -0.39 is 8.41 Å². The van der Waals surface area contributed by atoms with Gasteiger partial charge in [0.2, 0.25) is 14.3 Å². The predicted molar refractivity (Wildman–Crippen MR) is 127 cm³/mol. The molecule has 0 saturated carbocycles. The van der Waals surface area contributed by atoms with Crippen molar-refractivity contribution in [2.75, 3.05) is 18.1 Å². The summed E-state index contributed by atoms with van der Waals surface area (Å²) in [7, 11) is -2.91. The van der Waals surface area contributed by atoms with Crippen LogP contribution in [-0.2, 0) is 28.9 Å². The molecule has 1 amide bonds. The van der Waals surface area contributed by atoms with E-state index in [2.05, 4.69) is 29.4 Å². The highest BCUT2D eigenvalue weighted by Gasteiger charge is 2.50. The van der Waals surface area contributed by atoms with Crippen molar-refractivity contribution in [3.63, 3.8) is 0 Å². The maximum atomic E-state index is 15.3. The Bertz CT molecular complexity index is 946. The van der Waals surface area contributed by atoms with Crippen LogP contribution in [0.5, 0.6) is 0 Å². The minimum atomic E-state index is -2.91. The zero-order valence-corrected chi connectivity index (χ0v) is 20.8. The topological polar surface area (TPSA) is 80.5 Å². The molecule has 1 aromatic carbocycles. The van der Waals surface area contributed by atoms with Crippen molar-refractivity contribution >= 4 is 20.0 Å². The van der Waals surface area contributed by atoms with E-state index in [1.807, 2.05) is 18.3 Å². The minimum absolute atomic E-state index is 0.0276. The number of anilines is 1. The molecule has 1 N–H and O–H groups in total. The lowest BCUT2D eigenvalue weighted by molar-refractivity contribution is -0.122. The molecule has 3 heterocycles. The third-order valence-corrected chi connectivity index (χ3v) is 9.59. The first kappa shape index (κ1) is 24.0. The van der Waals surface area contributed by atoms with Crippen LogP contribution in [0.2, 0.25) is 18.6 Å². The summed E-state index contributed by atoms with van der Waals surface area (Å²) < 4.78 is 23.5. The van der Waals surface area contributed by atoms with E-state index in [4.69, 9.17) is 9.84 Å². The van der Waals surface area contributed by atoms with Crippen LogP contribution in [0.15, 0.2) is 30.5 Å². The Morgan fingerprint density at radius 3 is 2.55 bits per heavy atom. The summed E-state index contributed by atoms with van der Waals surface area (Å²) in [6.07, 6.45) is 5.29. The van der Waals surface area contributed by atoms with Crippen LogP contribution in [0.1, 0.15) is 37.4 Å². The summed E-state index contributed by atoms with van der Waals surface area (Å²) in [5.41, 5.74) is 2.87. The number of hydrogen-bond acceptors (Lipinski definition) is 5. The standard InChI is InChI=1S/C24H35FN4O3Si/c1-17-21(9-6-18-4-7-20(8-5-18)29-14-11-23(29)31)32-22(24(17)33(2,3)25)10-13-28-16-19(12-15-30)26-27-28/h4-5,7-8,16-17,21-22,24,30H,6,9-15H2,1-3H3/t17-,21+,22-,24+/m0/s1. The summed E-state index contributed by atoms with van der Waals surface area (Å²) >= 11 is 0. The van der Waals surface area contributed by atoms with E-state index in [0.717, 1.165) is 30.8 Å². The molecular weight excluding hydrogens is 439 g/mol. The molecule has 2 aliphatic rings. The third kappa shape index (κ3) is 5.52. The average Bonchev–Trinajstić information content (AvgIpc) is 3.34. The Morgan fingerprint density at radius 2 is 1.94 bits per heavy atom. The van der Waals surface area contributed by atoms with Crippen LogP contribution >= 0.6 is 0 Å². The lowest BCUT2D eigenvalue weighted by Gasteiger charge is -2.30. The van der Waals surface area contributed by atoms with E-state index in [0.29, 0.717) is 25.8 Å². The number of amides is 1. The second-order valence-electron chi connectivity index (χ2n) is 9.90. The number of hydrogen-bond donors (Lipinski definition) is 1. The number of nitrogens with zero attached hydrogens (tertiary/aromatic N) is 4. The molecule has 2 fully saturated rings. The molecule has 4 rings (SSSR count). The normalized spacial score (nSPS) is 25.5. The van der Waals surface area contributed by atoms with Crippen LogP contribution in [0.25, 0.3) is 0 Å². The lowest BCUT2D eigenvalue weighted by atomic mass is 9.95. The molecule has 0 aliphatic carbocycles. The molecule has 0 radical (unpaired) electrons. The molecule has 1 aromatic heterocycles. The first-order valence-corrected chi connectivity index (χ1v) is 15.0. The summed E-state index contributed by atoms with van der Waals surface area (Å²) in [6.45, 7) is 7.19. The number of β-lactam (4-membered cyclic amide) rings is 1. The molecule has 0 bridgehead atoms. The fourth-order valence-corrected chi connectivity index (χ4v) is 7.92. The van der Waals surface area contributed by atoms with E-state index in [9.17, 15) is 4.79 Å². The highest BCUT2D eigenvalue weighted by Crippen LogP contribution is 2.47. The van der Waals surface area contributed by atoms with Gasteiger partial charge in [0.1, 0.15) is 0 Å². The molecule has 2 aliphatic heterocycles. The lowest BCUT2D eigenvalue weighted by Crippen LogP contribution is -2.43. The molecule has 7 nitrogen and oxygen atoms in total. The summed E-state index contributed by atoms with van der Waals surface area (Å²) in [5, 5.41) is 17.3. The second-order valence-corrected chi connectivity index (χ2v) is 13.7. The number of aromatic nitrogens is 3. The van der Waals surface area contributed by atoms with Crippen molar-refractivity contribution in [3.8, 4) is 0 Å². The maximum absolute atomic E-state index is 15.3. The Labute approximate surface area is 196 Å². The number of aliphatic hydroxyl groups is 1. The van der Waals surface area contributed by atoms with Crippen LogP contribution in [0, 0.1) is 5.92 Å². The van der Waals surface area contributed by atoms with Crippen molar-refractivity contribution in [3.05, 3.63) is 41.7 Å². The number of benzene rings is 1. The van der Waals surface area contributed by atoms with Crippen molar-refractivity contribution in [2.45, 2.75) is 76.4 Å². The minimum Gasteiger partial charge on any atom is -0.396 e. The number of ether oxygens (including phenoxy) is 1. The van der Waals surface area contributed by atoms with E-state index in [1.165, 1.54) is 5.56 Å². The van der Waals surface area contributed by atoms with E-state index in [1.54, 1.807) is 22.7 Å². The van der Waals surface area contributed by atoms with Gasteiger partial charge in [-0.3, -0.25) is 9.48 Å². The smallest absolute Gasteiger partial charge is 0.246 e. The van der Waals surface area contributed by atoms with Crippen molar-refractivity contribution < 1.29 is 18.7 Å². The van der Waals surface area contributed by atoms with Gasteiger partial charge in [-0.15, -0.1) is 5.10 Å². The fraction of sp³-hybridized carbons (Fsp3) is 0.625. The van der Waals surface area contributed by atoms with Gasteiger partial charge in [0.15, 0.2) is 0 Å². The number of carbonyl (C=O) groups excluding carboxylic acids is 1. The number of aliphatic hydroxyl groups excluding tert-OH is 1. The molecule has 0 unspecified atom stereocenters. The molecule has 33 heavy (non-hydrogen) atoms. The SMILES string of the molecule is C[C@@H]1[C@@H]([Si](C)(C)F)[C@H](CCn2cc(CCO)nn2)O[C@@H]1CCc1ccc(N2CCC2=O)cc1. The van der Waals surface area contributed by atoms with Gasteiger partial charge in [-0.05, 0) is 56.0 Å². The molecule has 180 valence electrons. The Balaban J connectivity index is 1.35.